The zero-order valence-electron chi connectivity index (χ0n) is 9.52. The van der Waals surface area contributed by atoms with Gasteiger partial charge in [-0.3, -0.25) is 0 Å². The van der Waals surface area contributed by atoms with Gasteiger partial charge in [0.1, 0.15) is 5.82 Å². The van der Waals surface area contributed by atoms with Crippen LogP contribution in [0, 0.1) is 12.7 Å². The van der Waals surface area contributed by atoms with E-state index < -0.39 is 0 Å². The SMILES string of the molecule is Cc1ccc(C(N)CSc2cccc(F)c2)s1. The number of hydrogen-bond donors (Lipinski definition) is 1. The summed E-state index contributed by atoms with van der Waals surface area (Å²) in [6.07, 6.45) is 0. The third-order valence-electron chi connectivity index (χ3n) is 2.35. The zero-order valence-corrected chi connectivity index (χ0v) is 11.2. The number of benzene rings is 1. The third-order valence-corrected chi connectivity index (χ3v) is 4.60. The molecule has 0 bridgehead atoms. The van der Waals surface area contributed by atoms with Gasteiger partial charge in [-0.1, -0.05) is 6.07 Å². The maximum atomic E-state index is 13.0. The first-order chi connectivity index (χ1) is 8.15. The largest absolute Gasteiger partial charge is 0.323 e. The van der Waals surface area contributed by atoms with E-state index in [2.05, 4.69) is 19.1 Å². The number of hydrogen-bond acceptors (Lipinski definition) is 3. The van der Waals surface area contributed by atoms with Crippen LogP contribution in [0.3, 0.4) is 0 Å². The highest BCUT2D eigenvalue weighted by atomic mass is 32.2. The molecule has 0 aliphatic heterocycles. The molecule has 17 heavy (non-hydrogen) atoms. The lowest BCUT2D eigenvalue weighted by molar-refractivity contribution is 0.624. The molecule has 1 aromatic carbocycles. The monoisotopic (exact) mass is 267 g/mol. The van der Waals surface area contributed by atoms with Crippen molar-refractivity contribution < 1.29 is 4.39 Å². The van der Waals surface area contributed by atoms with Gasteiger partial charge in [0.25, 0.3) is 0 Å². The van der Waals surface area contributed by atoms with E-state index in [4.69, 9.17) is 5.73 Å². The Labute approximate surface area is 109 Å². The molecule has 4 heteroatoms. The van der Waals surface area contributed by atoms with E-state index in [1.54, 1.807) is 29.2 Å². The van der Waals surface area contributed by atoms with Crippen molar-refractivity contribution >= 4 is 23.1 Å². The Kier molecular flexibility index (Phi) is 4.20. The molecule has 1 heterocycles. The van der Waals surface area contributed by atoms with Crippen LogP contribution in [0.2, 0.25) is 0 Å². The molecule has 90 valence electrons. The average Bonchev–Trinajstić information content (AvgIpc) is 2.73. The molecule has 0 spiro atoms. The van der Waals surface area contributed by atoms with Crippen LogP contribution in [-0.2, 0) is 0 Å². The van der Waals surface area contributed by atoms with Crippen LogP contribution in [-0.4, -0.2) is 5.75 Å². The number of nitrogens with two attached hydrogens (primary N) is 1. The van der Waals surface area contributed by atoms with Crippen LogP contribution in [0.15, 0.2) is 41.3 Å². The molecule has 2 N–H and O–H groups in total. The zero-order chi connectivity index (χ0) is 12.3. The van der Waals surface area contributed by atoms with Crippen LogP contribution >= 0.6 is 23.1 Å². The van der Waals surface area contributed by atoms with Gasteiger partial charge in [0.15, 0.2) is 0 Å². The summed E-state index contributed by atoms with van der Waals surface area (Å²) in [4.78, 5) is 3.38. The molecule has 0 fully saturated rings. The summed E-state index contributed by atoms with van der Waals surface area (Å²) in [6.45, 7) is 2.07. The average molecular weight is 267 g/mol. The van der Waals surface area contributed by atoms with Gasteiger partial charge in [-0.05, 0) is 37.3 Å². The van der Waals surface area contributed by atoms with E-state index in [9.17, 15) is 4.39 Å². The predicted molar refractivity (Wildman–Crippen MR) is 73.1 cm³/mol. The summed E-state index contributed by atoms with van der Waals surface area (Å²) in [7, 11) is 0. The fourth-order valence-corrected chi connectivity index (χ4v) is 3.38. The number of thioether (sulfide) groups is 1. The highest BCUT2D eigenvalue weighted by Gasteiger charge is 2.08. The smallest absolute Gasteiger partial charge is 0.124 e. The Morgan fingerprint density at radius 1 is 1.35 bits per heavy atom. The summed E-state index contributed by atoms with van der Waals surface area (Å²) in [5.41, 5.74) is 6.09. The van der Waals surface area contributed by atoms with E-state index in [0.717, 1.165) is 10.6 Å². The van der Waals surface area contributed by atoms with Crippen molar-refractivity contribution in [2.75, 3.05) is 5.75 Å². The Hall–Kier alpha value is -0.840. The molecular weight excluding hydrogens is 253 g/mol. The van der Waals surface area contributed by atoms with Crippen molar-refractivity contribution in [2.45, 2.75) is 17.9 Å². The second kappa shape index (κ2) is 5.67. The molecule has 0 aliphatic carbocycles. The van der Waals surface area contributed by atoms with Gasteiger partial charge in [0.05, 0.1) is 0 Å². The van der Waals surface area contributed by atoms with Gasteiger partial charge in [-0.15, -0.1) is 23.1 Å². The van der Waals surface area contributed by atoms with Gasteiger partial charge in [-0.25, -0.2) is 4.39 Å². The first-order valence-corrected chi connectivity index (χ1v) is 7.15. The van der Waals surface area contributed by atoms with Crippen molar-refractivity contribution in [3.8, 4) is 0 Å². The van der Waals surface area contributed by atoms with Crippen LogP contribution < -0.4 is 5.73 Å². The highest BCUT2D eigenvalue weighted by Crippen LogP contribution is 2.27. The lowest BCUT2D eigenvalue weighted by atomic mass is 10.3. The molecule has 0 amide bonds. The lowest BCUT2D eigenvalue weighted by Gasteiger charge is -2.09. The molecule has 0 aliphatic rings. The van der Waals surface area contributed by atoms with Gasteiger partial charge in [0.2, 0.25) is 0 Å². The molecule has 2 aromatic rings. The van der Waals surface area contributed by atoms with E-state index in [0.29, 0.717) is 0 Å². The van der Waals surface area contributed by atoms with E-state index in [1.165, 1.54) is 21.9 Å². The lowest BCUT2D eigenvalue weighted by Crippen LogP contribution is -2.11. The van der Waals surface area contributed by atoms with Gasteiger partial charge >= 0.3 is 0 Å². The maximum Gasteiger partial charge on any atom is 0.124 e. The van der Waals surface area contributed by atoms with Gasteiger partial charge < -0.3 is 5.73 Å². The van der Waals surface area contributed by atoms with Crippen molar-refractivity contribution in [1.29, 1.82) is 0 Å². The quantitative estimate of drug-likeness (QED) is 0.848. The van der Waals surface area contributed by atoms with E-state index in [1.807, 2.05) is 6.07 Å². The molecule has 0 saturated carbocycles. The third kappa shape index (κ3) is 3.56. The predicted octanol–water partition coefficient (Wildman–Crippen LogP) is 3.99. The Morgan fingerprint density at radius 2 is 2.18 bits per heavy atom. The Bertz CT molecular complexity index is 496. The molecular formula is C13H14FNS2. The van der Waals surface area contributed by atoms with Crippen molar-refractivity contribution in [2.24, 2.45) is 5.73 Å². The van der Waals surface area contributed by atoms with Crippen LogP contribution in [0.4, 0.5) is 4.39 Å². The molecule has 1 nitrogen and oxygen atoms in total. The first kappa shape index (κ1) is 12.6. The number of halogens is 1. The minimum absolute atomic E-state index is 0.0157. The summed E-state index contributed by atoms with van der Waals surface area (Å²) in [5, 5.41) is 0. The number of rotatable bonds is 4. The van der Waals surface area contributed by atoms with Crippen molar-refractivity contribution in [3.05, 3.63) is 52.0 Å². The standard InChI is InChI=1S/C13H14FNS2/c1-9-5-6-13(17-9)12(15)8-16-11-4-2-3-10(14)7-11/h2-7,12H,8,15H2,1H3. The fraction of sp³-hybridized carbons (Fsp3) is 0.231. The highest BCUT2D eigenvalue weighted by molar-refractivity contribution is 7.99. The maximum absolute atomic E-state index is 13.0. The van der Waals surface area contributed by atoms with Gasteiger partial charge in [-0.2, -0.15) is 0 Å². The topological polar surface area (TPSA) is 26.0 Å². The molecule has 1 unspecified atom stereocenters. The second-order valence-electron chi connectivity index (χ2n) is 3.82. The van der Waals surface area contributed by atoms with Crippen molar-refractivity contribution in [3.63, 3.8) is 0 Å². The molecule has 2 rings (SSSR count). The summed E-state index contributed by atoms with van der Waals surface area (Å²) in [6, 6.07) is 10.8. The first-order valence-electron chi connectivity index (χ1n) is 5.35. The molecule has 1 aromatic heterocycles. The molecule has 0 saturated heterocycles. The molecule has 0 radical (unpaired) electrons. The normalized spacial score (nSPS) is 12.6. The molecule has 1 atom stereocenters. The van der Waals surface area contributed by atoms with Crippen LogP contribution in [0.1, 0.15) is 15.8 Å². The Balaban J connectivity index is 1.94. The minimum atomic E-state index is -0.199. The van der Waals surface area contributed by atoms with E-state index in [-0.39, 0.29) is 11.9 Å². The second-order valence-corrected chi connectivity index (χ2v) is 6.24. The van der Waals surface area contributed by atoms with Crippen LogP contribution in [0.25, 0.3) is 0 Å². The minimum Gasteiger partial charge on any atom is -0.323 e. The summed E-state index contributed by atoms with van der Waals surface area (Å²) in [5.74, 6) is 0.569. The Morgan fingerprint density at radius 3 is 2.82 bits per heavy atom. The summed E-state index contributed by atoms with van der Waals surface area (Å²) < 4.78 is 13.0. The van der Waals surface area contributed by atoms with E-state index >= 15 is 0 Å². The number of aryl methyl sites for hydroxylation is 1. The van der Waals surface area contributed by atoms with Crippen LogP contribution in [0.5, 0.6) is 0 Å². The van der Waals surface area contributed by atoms with Gasteiger partial charge in [0, 0.05) is 26.4 Å². The number of thiophene rings is 1. The summed E-state index contributed by atoms with van der Waals surface area (Å²) >= 11 is 3.31. The van der Waals surface area contributed by atoms with Crippen molar-refractivity contribution in [1.82, 2.24) is 0 Å². The fourth-order valence-electron chi connectivity index (χ4n) is 1.48.